The van der Waals surface area contributed by atoms with E-state index in [4.69, 9.17) is 5.11 Å². The first kappa shape index (κ1) is 14.8. The third-order valence-corrected chi connectivity index (χ3v) is 4.13. The predicted molar refractivity (Wildman–Crippen MR) is 74.0 cm³/mol. The van der Waals surface area contributed by atoms with Gasteiger partial charge in [0.2, 0.25) is 5.91 Å². The van der Waals surface area contributed by atoms with Gasteiger partial charge in [0.05, 0.1) is 12.2 Å². The number of benzene rings is 1. The van der Waals surface area contributed by atoms with Crippen LogP contribution in [0.25, 0.3) is 0 Å². The van der Waals surface area contributed by atoms with Gasteiger partial charge >= 0.3 is 5.97 Å². The summed E-state index contributed by atoms with van der Waals surface area (Å²) in [7, 11) is 0. The Kier molecular flexibility index (Phi) is 5.00. The minimum atomic E-state index is -0.895. The second-order valence-electron chi connectivity index (χ2n) is 4.85. The highest BCUT2D eigenvalue weighted by Crippen LogP contribution is 2.34. The Balaban J connectivity index is 1.79. The van der Waals surface area contributed by atoms with Crippen molar-refractivity contribution in [2.45, 2.75) is 30.2 Å². The highest BCUT2D eigenvalue weighted by molar-refractivity contribution is 8.00. The lowest BCUT2D eigenvalue weighted by molar-refractivity contribution is -0.137. The van der Waals surface area contributed by atoms with Gasteiger partial charge in [0.1, 0.15) is 5.82 Å². The Morgan fingerprint density at radius 3 is 2.55 bits per heavy atom. The summed E-state index contributed by atoms with van der Waals surface area (Å²) >= 11 is 1.30. The molecule has 1 fully saturated rings. The van der Waals surface area contributed by atoms with Gasteiger partial charge in [0.25, 0.3) is 0 Å². The zero-order valence-corrected chi connectivity index (χ0v) is 11.7. The standard InChI is InChI=1S/C14H16FNO3S/c15-10-3-5-11(6-4-10)20-8-13(17)16-12(7-14(18)19)9-1-2-9/h3-6,9,12H,1-2,7-8H2,(H,16,17)(H,18,19). The van der Waals surface area contributed by atoms with Crippen LogP contribution in [0.3, 0.4) is 0 Å². The monoisotopic (exact) mass is 297 g/mol. The summed E-state index contributed by atoms with van der Waals surface area (Å²) in [6.07, 6.45) is 1.92. The molecule has 4 nitrogen and oxygen atoms in total. The van der Waals surface area contributed by atoms with E-state index in [9.17, 15) is 14.0 Å². The molecule has 1 unspecified atom stereocenters. The van der Waals surface area contributed by atoms with Crippen LogP contribution in [0.1, 0.15) is 19.3 Å². The first-order valence-corrected chi connectivity index (χ1v) is 7.42. The number of amides is 1. The molecular weight excluding hydrogens is 281 g/mol. The molecular formula is C14H16FNO3S. The van der Waals surface area contributed by atoms with Crippen molar-refractivity contribution in [2.75, 3.05) is 5.75 Å². The van der Waals surface area contributed by atoms with Crippen LogP contribution in [-0.4, -0.2) is 28.8 Å². The van der Waals surface area contributed by atoms with Crippen molar-refractivity contribution in [1.29, 1.82) is 0 Å². The first-order chi connectivity index (χ1) is 9.54. The molecule has 0 heterocycles. The Morgan fingerprint density at radius 1 is 1.35 bits per heavy atom. The van der Waals surface area contributed by atoms with Crippen molar-refractivity contribution in [3.05, 3.63) is 30.1 Å². The van der Waals surface area contributed by atoms with Crippen molar-refractivity contribution >= 4 is 23.6 Å². The third-order valence-electron chi connectivity index (χ3n) is 3.12. The van der Waals surface area contributed by atoms with Crippen LogP contribution in [0.4, 0.5) is 4.39 Å². The zero-order valence-electron chi connectivity index (χ0n) is 10.8. The molecule has 20 heavy (non-hydrogen) atoms. The van der Waals surface area contributed by atoms with E-state index in [0.717, 1.165) is 17.7 Å². The van der Waals surface area contributed by atoms with E-state index in [1.54, 1.807) is 12.1 Å². The maximum absolute atomic E-state index is 12.7. The molecule has 0 saturated heterocycles. The van der Waals surface area contributed by atoms with E-state index in [-0.39, 0.29) is 29.9 Å². The number of nitrogens with one attached hydrogen (secondary N) is 1. The summed E-state index contributed by atoms with van der Waals surface area (Å²) in [5.74, 6) is -0.889. The number of rotatable bonds is 7. The molecule has 1 saturated carbocycles. The van der Waals surface area contributed by atoms with Gasteiger partial charge in [-0.3, -0.25) is 9.59 Å². The van der Waals surface area contributed by atoms with Crippen LogP contribution >= 0.6 is 11.8 Å². The van der Waals surface area contributed by atoms with Crippen molar-refractivity contribution in [3.63, 3.8) is 0 Å². The molecule has 1 amide bonds. The lowest BCUT2D eigenvalue weighted by Crippen LogP contribution is -2.39. The lowest BCUT2D eigenvalue weighted by atomic mass is 10.1. The van der Waals surface area contributed by atoms with Crippen LogP contribution in [0.2, 0.25) is 0 Å². The molecule has 6 heteroatoms. The van der Waals surface area contributed by atoms with Gasteiger partial charge < -0.3 is 10.4 Å². The van der Waals surface area contributed by atoms with Crippen LogP contribution in [0.5, 0.6) is 0 Å². The van der Waals surface area contributed by atoms with Crippen LogP contribution in [0, 0.1) is 11.7 Å². The van der Waals surface area contributed by atoms with Gasteiger partial charge in [-0.2, -0.15) is 0 Å². The van der Waals surface area contributed by atoms with Gasteiger partial charge in [-0.15, -0.1) is 11.8 Å². The Bertz CT molecular complexity index is 488. The zero-order chi connectivity index (χ0) is 14.5. The van der Waals surface area contributed by atoms with E-state index in [1.807, 2.05) is 0 Å². The topological polar surface area (TPSA) is 66.4 Å². The molecule has 1 aromatic rings. The predicted octanol–water partition coefficient (Wildman–Crippen LogP) is 2.29. The summed E-state index contributed by atoms with van der Waals surface area (Å²) < 4.78 is 12.7. The Morgan fingerprint density at radius 2 is 2.00 bits per heavy atom. The number of carbonyl (C=O) groups excluding carboxylic acids is 1. The van der Waals surface area contributed by atoms with E-state index in [1.165, 1.54) is 23.9 Å². The number of hydrogen-bond acceptors (Lipinski definition) is 3. The number of hydrogen-bond donors (Lipinski definition) is 2. The SMILES string of the molecule is O=C(O)CC(NC(=O)CSc1ccc(F)cc1)C1CC1. The molecule has 0 radical (unpaired) electrons. The molecule has 1 aromatic carbocycles. The quantitative estimate of drug-likeness (QED) is 0.758. The molecule has 1 atom stereocenters. The van der Waals surface area contributed by atoms with E-state index >= 15 is 0 Å². The molecule has 0 aromatic heterocycles. The summed E-state index contributed by atoms with van der Waals surface area (Å²) in [4.78, 5) is 23.4. The van der Waals surface area contributed by atoms with Gasteiger partial charge in [0.15, 0.2) is 0 Å². The average molecular weight is 297 g/mol. The van der Waals surface area contributed by atoms with E-state index < -0.39 is 5.97 Å². The van der Waals surface area contributed by atoms with Crippen LogP contribution in [-0.2, 0) is 9.59 Å². The fourth-order valence-electron chi connectivity index (χ4n) is 1.95. The number of aliphatic carboxylic acids is 1. The van der Waals surface area contributed by atoms with Gasteiger partial charge in [-0.25, -0.2) is 4.39 Å². The lowest BCUT2D eigenvalue weighted by Gasteiger charge is -2.15. The summed E-state index contributed by atoms with van der Waals surface area (Å²) in [5, 5.41) is 11.6. The maximum atomic E-state index is 12.7. The molecule has 108 valence electrons. The summed E-state index contributed by atoms with van der Waals surface area (Å²) in [6, 6.07) is 5.65. The number of carboxylic acids is 1. The molecule has 1 aliphatic rings. The minimum Gasteiger partial charge on any atom is -0.481 e. The van der Waals surface area contributed by atoms with E-state index in [2.05, 4.69) is 5.32 Å². The Labute approximate surface area is 120 Å². The smallest absolute Gasteiger partial charge is 0.305 e. The van der Waals surface area contributed by atoms with Gasteiger partial charge in [0, 0.05) is 10.9 Å². The fraction of sp³-hybridized carbons (Fsp3) is 0.429. The fourth-order valence-corrected chi connectivity index (χ4v) is 2.66. The molecule has 1 aliphatic carbocycles. The van der Waals surface area contributed by atoms with Crippen LogP contribution < -0.4 is 5.32 Å². The third kappa shape index (κ3) is 4.85. The van der Waals surface area contributed by atoms with Crippen molar-refractivity contribution in [1.82, 2.24) is 5.32 Å². The molecule has 2 N–H and O–H groups in total. The largest absolute Gasteiger partial charge is 0.481 e. The van der Waals surface area contributed by atoms with Crippen molar-refractivity contribution < 1.29 is 19.1 Å². The summed E-state index contributed by atoms with van der Waals surface area (Å²) in [6.45, 7) is 0. The molecule has 0 aliphatic heterocycles. The van der Waals surface area contributed by atoms with Gasteiger partial charge in [-0.05, 0) is 43.0 Å². The highest BCUT2D eigenvalue weighted by Gasteiger charge is 2.33. The summed E-state index contributed by atoms with van der Waals surface area (Å²) in [5.41, 5.74) is 0. The molecule has 2 rings (SSSR count). The Hall–Kier alpha value is -1.56. The van der Waals surface area contributed by atoms with Crippen molar-refractivity contribution in [3.8, 4) is 0 Å². The second kappa shape index (κ2) is 6.74. The minimum absolute atomic E-state index is 0.0301. The maximum Gasteiger partial charge on any atom is 0.305 e. The number of carboxylic acid groups (broad SMARTS) is 1. The highest BCUT2D eigenvalue weighted by atomic mass is 32.2. The van der Waals surface area contributed by atoms with Gasteiger partial charge in [-0.1, -0.05) is 0 Å². The van der Waals surface area contributed by atoms with E-state index in [0.29, 0.717) is 5.92 Å². The molecule has 0 spiro atoms. The second-order valence-corrected chi connectivity index (χ2v) is 5.90. The number of halogens is 1. The normalized spacial score (nSPS) is 15.7. The average Bonchev–Trinajstić information content (AvgIpc) is 3.21. The number of carbonyl (C=O) groups is 2. The first-order valence-electron chi connectivity index (χ1n) is 6.44. The molecule has 0 bridgehead atoms. The number of thioether (sulfide) groups is 1. The van der Waals surface area contributed by atoms with Crippen LogP contribution in [0.15, 0.2) is 29.2 Å². The van der Waals surface area contributed by atoms with Crippen molar-refractivity contribution in [2.24, 2.45) is 5.92 Å².